The lowest BCUT2D eigenvalue weighted by Gasteiger charge is -2.07. The molecule has 15 nitrogen and oxygen atoms in total. The highest BCUT2D eigenvalue weighted by Crippen LogP contribution is 2.02. The third-order valence-electron chi connectivity index (χ3n) is 3.80. The second-order valence-electron chi connectivity index (χ2n) is 8.41. The predicted octanol–water partition coefficient (Wildman–Crippen LogP) is 2.69. The van der Waals surface area contributed by atoms with E-state index in [1.807, 2.05) is 0 Å². The van der Waals surface area contributed by atoms with Crippen LogP contribution in [0, 0.1) is 5.92 Å². The van der Waals surface area contributed by atoms with Crippen molar-refractivity contribution < 1.29 is 75.0 Å². The molecule has 0 heterocycles. The van der Waals surface area contributed by atoms with Crippen LogP contribution in [-0.2, 0) is 24.0 Å². The SMILES string of the molecule is C=C(C)C(=O)O.C=C(C)C(=O)O.C=C(C)C(=O)O.C=CC(=O)O.C=CC(=O)O.CCCCCC(O)O.OCCCC(CO)CO. The lowest BCUT2D eigenvalue weighted by molar-refractivity contribution is -0.133. The van der Waals surface area contributed by atoms with E-state index in [0.29, 0.717) is 19.3 Å². The predicted molar refractivity (Wildman–Crippen MR) is 169 cm³/mol. The Balaban J connectivity index is -0.0000000757. The minimum atomic E-state index is -1.10. The van der Waals surface area contributed by atoms with Crippen LogP contribution in [0.3, 0.4) is 0 Å². The Morgan fingerprint density at radius 2 is 0.867 bits per heavy atom. The van der Waals surface area contributed by atoms with Crippen molar-refractivity contribution in [3.8, 4) is 0 Å². The highest BCUT2D eigenvalue weighted by molar-refractivity contribution is 5.85. The van der Waals surface area contributed by atoms with Gasteiger partial charge in [0.2, 0.25) is 0 Å². The molecule has 0 fully saturated rings. The van der Waals surface area contributed by atoms with E-state index in [4.69, 9.17) is 51.1 Å². The van der Waals surface area contributed by atoms with Gasteiger partial charge in [-0.1, -0.05) is 52.7 Å². The van der Waals surface area contributed by atoms with Crippen LogP contribution in [0.4, 0.5) is 0 Å². The Morgan fingerprint density at radius 1 is 0.600 bits per heavy atom. The van der Waals surface area contributed by atoms with Gasteiger partial charge in [0.25, 0.3) is 0 Å². The Bertz CT molecular complexity index is 731. The van der Waals surface area contributed by atoms with Crippen LogP contribution in [0.15, 0.2) is 61.8 Å². The third kappa shape index (κ3) is 92.5. The molecule has 10 N–H and O–H groups in total. The quantitative estimate of drug-likeness (QED) is 0.0732. The molecule has 15 heteroatoms. The standard InChI is InChI=1S/C6H14O3.C6H14O2.3C4H6O2.2C3H4O2/c7-3-1-2-6(4-8)5-9;1-2-3-4-5-6(7)8;3*1-3(2)4(5)6;2*1-2-3(4)5/h6-9H,1-5H2;6-8H,2-5H2,1H3;3*1H2,2H3,(H,5,6);2*2H,1H2,(H,4,5). The van der Waals surface area contributed by atoms with E-state index in [-0.39, 0.29) is 42.5 Å². The Morgan fingerprint density at radius 3 is 1.00 bits per heavy atom. The maximum atomic E-state index is 9.60. The molecule has 0 aromatic heterocycles. The van der Waals surface area contributed by atoms with E-state index in [0.717, 1.165) is 31.4 Å². The summed E-state index contributed by atoms with van der Waals surface area (Å²) in [5.74, 6) is -4.81. The minimum Gasteiger partial charge on any atom is -0.478 e. The molecule has 0 unspecified atom stereocenters. The second kappa shape index (κ2) is 44.3. The van der Waals surface area contributed by atoms with Gasteiger partial charge >= 0.3 is 29.8 Å². The fourth-order valence-corrected chi connectivity index (χ4v) is 1.20. The first-order valence-corrected chi connectivity index (χ1v) is 13.1. The van der Waals surface area contributed by atoms with Crippen molar-refractivity contribution in [1.82, 2.24) is 0 Å². The van der Waals surface area contributed by atoms with Crippen molar-refractivity contribution in [2.75, 3.05) is 19.8 Å². The minimum absolute atomic E-state index is 0.0104. The third-order valence-corrected chi connectivity index (χ3v) is 3.80. The fraction of sp³-hybridized carbons (Fsp3) is 0.500. The van der Waals surface area contributed by atoms with Crippen molar-refractivity contribution in [2.24, 2.45) is 5.92 Å². The number of unbranched alkanes of at least 4 members (excludes halogenated alkanes) is 2. The van der Waals surface area contributed by atoms with E-state index in [1.165, 1.54) is 20.8 Å². The van der Waals surface area contributed by atoms with Crippen LogP contribution in [0.5, 0.6) is 0 Å². The number of aliphatic hydroxyl groups excluding tert-OH is 4. The maximum absolute atomic E-state index is 9.60. The molecule has 0 rings (SSSR count). The zero-order valence-corrected chi connectivity index (χ0v) is 26.7. The van der Waals surface area contributed by atoms with E-state index in [9.17, 15) is 24.0 Å². The molecule has 0 saturated carbocycles. The number of rotatable bonds is 14. The van der Waals surface area contributed by atoms with Gasteiger partial charge in [-0.15, -0.1) is 0 Å². The molecule has 0 bridgehead atoms. The van der Waals surface area contributed by atoms with Gasteiger partial charge in [0.1, 0.15) is 0 Å². The fourth-order valence-electron chi connectivity index (χ4n) is 1.20. The molecular weight excluding hydrogens is 600 g/mol. The van der Waals surface area contributed by atoms with Gasteiger partial charge in [0.05, 0.1) is 0 Å². The number of carbonyl (C=O) groups is 5. The number of aliphatic hydroxyl groups is 5. The van der Waals surface area contributed by atoms with Crippen LogP contribution in [0.25, 0.3) is 0 Å². The summed E-state index contributed by atoms with van der Waals surface area (Å²) in [5.41, 5.74) is 0.528. The summed E-state index contributed by atoms with van der Waals surface area (Å²) in [7, 11) is 0. The van der Waals surface area contributed by atoms with E-state index >= 15 is 0 Å². The lowest BCUT2D eigenvalue weighted by Crippen LogP contribution is -2.11. The average Bonchev–Trinajstić information content (AvgIpc) is 2.95. The second-order valence-corrected chi connectivity index (χ2v) is 8.41. The van der Waals surface area contributed by atoms with Gasteiger partial charge in [0.15, 0.2) is 6.29 Å². The van der Waals surface area contributed by atoms with Crippen LogP contribution in [0.1, 0.15) is 66.2 Å². The van der Waals surface area contributed by atoms with E-state index < -0.39 is 36.1 Å². The van der Waals surface area contributed by atoms with Gasteiger partial charge in [-0.3, -0.25) is 0 Å². The normalized spacial score (nSPS) is 8.42. The van der Waals surface area contributed by atoms with Gasteiger partial charge in [-0.05, 0) is 46.5 Å². The Kier molecular flexibility index (Phi) is 55.7. The first-order chi connectivity index (χ1) is 20.6. The summed E-state index contributed by atoms with van der Waals surface area (Å²) in [5, 5.41) is 80.9. The number of hydrogen-bond donors (Lipinski definition) is 10. The number of hydrogen-bond acceptors (Lipinski definition) is 10. The topological polar surface area (TPSA) is 288 Å². The van der Waals surface area contributed by atoms with Crippen molar-refractivity contribution in [3.05, 3.63) is 61.8 Å². The van der Waals surface area contributed by atoms with Gasteiger partial charge < -0.3 is 51.1 Å². The maximum Gasteiger partial charge on any atom is 0.330 e. The van der Waals surface area contributed by atoms with E-state index in [1.54, 1.807) is 0 Å². The summed E-state index contributed by atoms with van der Waals surface area (Å²) in [6, 6.07) is 0. The van der Waals surface area contributed by atoms with Gasteiger partial charge in [-0.25, -0.2) is 24.0 Å². The summed E-state index contributed by atoms with van der Waals surface area (Å²) in [6.45, 7) is 22.0. The number of carboxylic acid groups (broad SMARTS) is 5. The van der Waals surface area contributed by atoms with Crippen LogP contribution < -0.4 is 0 Å². The Hall–Kier alpha value is -4.15. The summed E-state index contributed by atoms with van der Waals surface area (Å²) >= 11 is 0. The number of aliphatic carboxylic acids is 5. The largest absolute Gasteiger partial charge is 0.478 e. The van der Waals surface area contributed by atoms with Crippen molar-refractivity contribution in [3.63, 3.8) is 0 Å². The van der Waals surface area contributed by atoms with Gasteiger partial charge in [-0.2, -0.15) is 0 Å². The highest BCUT2D eigenvalue weighted by atomic mass is 16.5. The van der Waals surface area contributed by atoms with Crippen LogP contribution in [0.2, 0.25) is 0 Å². The molecule has 264 valence electrons. The van der Waals surface area contributed by atoms with Crippen LogP contribution in [-0.4, -0.2) is 107 Å². The van der Waals surface area contributed by atoms with Crippen molar-refractivity contribution in [1.29, 1.82) is 0 Å². The van der Waals surface area contributed by atoms with Gasteiger partial charge in [0, 0.05) is 54.6 Å². The molecule has 45 heavy (non-hydrogen) atoms. The molecule has 0 atom stereocenters. The molecule has 0 aliphatic carbocycles. The zero-order valence-electron chi connectivity index (χ0n) is 26.7. The molecule has 0 saturated heterocycles. The van der Waals surface area contributed by atoms with E-state index in [2.05, 4.69) is 39.8 Å². The zero-order chi connectivity index (χ0) is 37.6. The number of carboxylic acids is 5. The van der Waals surface area contributed by atoms with Crippen molar-refractivity contribution in [2.45, 2.75) is 72.5 Å². The molecule has 0 radical (unpaired) electrons. The average molecular weight is 655 g/mol. The molecule has 0 aliphatic rings. The smallest absolute Gasteiger partial charge is 0.330 e. The Labute approximate surface area is 265 Å². The summed E-state index contributed by atoms with van der Waals surface area (Å²) in [6.07, 6.45) is 5.60. The first kappa shape index (κ1) is 56.6. The molecule has 0 spiro atoms. The van der Waals surface area contributed by atoms with Crippen molar-refractivity contribution >= 4 is 29.8 Å². The molecule has 0 aromatic carbocycles. The summed E-state index contributed by atoms with van der Waals surface area (Å²) < 4.78 is 0. The molecular formula is C30H54O15. The molecule has 0 aliphatic heterocycles. The molecule has 0 aromatic rings. The lowest BCUT2D eigenvalue weighted by atomic mass is 10.1. The highest BCUT2D eigenvalue weighted by Gasteiger charge is 2.03. The first-order valence-electron chi connectivity index (χ1n) is 13.1. The molecule has 0 amide bonds. The monoisotopic (exact) mass is 654 g/mol. The summed E-state index contributed by atoms with van der Waals surface area (Å²) in [4.78, 5) is 47.3. The van der Waals surface area contributed by atoms with Crippen LogP contribution >= 0.6 is 0 Å².